The fraction of sp³-hybridized carbons (Fsp3) is 0.417. The molecule has 2 aromatic rings. The van der Waals surface area contributed by atoms with Gasteiger partial charge in [0.1, 0.15) is 5.75 Å². The number of hydrogen-bond donors (Lipinski definition) is 0. The summed E-state index contributed by atoms with van der Waals surface area (Å²) in [5.41, 5.74) is 4.62. The molecular formula is C24H33NO. The average Bonchev–Trinajstić information content (AvgIpc) is 2.64. The summed E-state index contributed by atoms with van der Waals surface area (Å²) in [6, 6.07) is 14.5. The first-order valence-corrected chi connectivity index (χ1v) is 9.85. The normalized spacial score (nSPS) is 10.6. The third-order valence-corrected chi connectivity index (χ3v) is 4.61. The van der Waals surface area contributed by atoms with E-state index in [0.717, 1.165) is 35.7 Å². The Kier molecular flexibility index (Phi) is 7.77. The number of unbranched alkanes of at least 4 members (excludes halogenated alkanes) is 2. The molecule has 0 bridgehead atoms. The molecular weight excluding hydrogens is 318 g/mol. The number of nitrogens with zero attached hydrogens (tertiary/aromatic N) is 1. The van der Waals surface area contributed by atoms with E-state index >= 15 is 0 Å². The van der Waals surface area contributed by atoms with Gasteiger partial charge in [-0.25, -0.2) is 0 Å². The van der Waals surface area contributed by atoms with Gasteiger partial charge in [0.25, 0.3) is 0 Å². The van der Waals surface area contributed by atoms with Crippen LogP contribution in [0.5, 0.6) is 11.5 Å². The predicted octanol–water partition coefficient (Wildman–Crippen LogP) is 7.23. The third kappa shape index (κ3) is 5.39. The van der Waals surface area contributed by atoms with Gasteiger partial charge in [-0.3, -0.25) is 0 Å². The molecule has 0 aromatic heterocycles. The van der Waals surface area contributed by atoms with Crippen LogP contribution in [0.3, 0.4) is 0 Å². The van der Waals surface area contributed by atoms with E-state index in [4.69, 9.17) is 4.74 Å². The van der Waals surface area contributed by atoms with Crippen molar-refractivity contribution in [2.45, 2.75) is 53.4 Å². The zero-order chi connectivity index (χ0) is 18.9. The number of rotatable bonds is 10. The SMILES string of the molecule is C=C(C)c1cc(C)c(Oc2ccccc2)c(N(CCCC)CCCC)c1. The summed E-state index contributed by atoms with van der Waals surface area (Å²) in [5.74, 6) is 1.85. The van der Waals surface area contributed by atoms with E-state index in [1.54, 1.807) is 0 Å². The van der Waals surface area contributed by atoms with Crippen LogP contribution < -0.4 is 9.64 Å². The Hall–Kier alpha value is -2.22. The van der Waals surface area contributed by atoms with Gasteiger partial charge in [0.2, 0.25) is 0 Å². The first-order chi connectivity index (χ1) is 12.6. The molecule has 2 nitrogen and oxygen atoms in total. The minimum absolute atomic E-state index is 0.880. The number of ether oxygens (including phenoxy) is 1. The lowest BCUT2D eigenvalue weighted by Crippen LogP contribution is -2.26. The van der Waals surface area contributed by atoms with Crippen LogP contribution in [0.25, 0.3) is 5.57 Å². The molecule has 2 rings (SSSR count). The molecule has 0 radical (unpaired) electrons. The Bertz CT molecular complexity index is 698. The lowest BCUT2D eigenvalue weighted by atomic mass is 10.0. The summed E-state index contributed by atoms with van der Waals surface area (Å²) in [7, 11) is 0. The van der Waals surface area contributed by atoms with Crippen molar-refractivity contribution in [2.24, 2.45) is 0 Å². The predicted molar refractivity (Wildman–Crippen MR) is 114 cm³/mol. The Labute approximate surface area is 159 Å². The van der Waals surface area contributed by atoms with Gasteiger partial charge in [0.15, 0.2) is 5.75 Å². The molecule has 0 amide bonds. The monoisotopic (exact) mass is 351 g/mol. The zero-order valence-electron chi connectivity index (χ0n) is 16.8. The van der Waals surface area contributed by atoms with Gasteiger partial charge < -0.3 is 9.64 Å². The van der Waals surface area contributed by atoms with E-state index in [2.05, 4.69) is 51.3 Å². The fourth-order valence-corrected chi connectivity index (χ4v) is 3.03. The highest BCUT2D eigenvalue weighted by Crippen LogP contribution is 2.38. The maximum Gasteiger partial charge on any atom is 0.153 e. The highest BCUT2D eigenvalue weighted by molar-refractivity contribution is 5.73. The number of allylic oxidation sites excluding steroid dienone is 1. The Morgan fingerprint density at radius 3 is 2.15 bits per heavy atom. The second-order valence-electron chi connectivity index (χ2n) is 7.03. The first-order valence-electron chi connectivity index (χ1n) is 9.85. The van der Waals surface area contributed by atoms with E-state index in [-0.39, 0.29) is 0 Å². The zero-order valence-corrected chi connectivity index (χ0v) is 16.8. The molecule has 0 aliphatic rings. The highest BCUT2D eigenvalue weighted by Gasteiger charge is 2.17. The number of anilines is 1. The highest BCUT2D eigenvalue weighted by atomic mass is 16.5. The molecule has 2 aromatic carbocycles. The molecule has 0 spiro atoms. The summed E-state index contributed by atoms with van der Waals surface area (Å²) in [6.45, 7) is 14.9. The van der Waals surface area contributed by atoms with Crippen LogP contribution in [0.15, 0.2) is 49.0 Å². The van der Waals surface area contributed by atoms with Gasteiger partial charge in [0, 0.05) is 13.1 Å². The number of para-hydroxylation sites is 1. The van der Waals surface area contributed by atoms with Crippen LogP contribution >= 0.6 is 0 Å². The Balaban J connectivity index is 2.48. The van der Waals surface area contributed by atoms with Crippen LogP contribution in [0, 0.1) is 6.92 Å². The fourth-order valence-electron chi connectivity index (χ4n) is 3.03. The molecule has 0 saturated heterocycles. The molecule has 0 unspecified atom stereocenters. The summed E-state index contributed by atoms with van der Waals surface area (Å²) in [6.07, 6.45) is 4.75. The van der Waals surface area contributed by atoms with Crippen molar-refractivity contribution in [3.8, 4) is 11.5 Å². The second kappa shape index (κ2) is 10.1. The molecule has 0 atom stereocenters. The van der Waals surface area contributed by atoms with E-state index < -0.39 is 0 Å². The average molecular weight is 352 g/mol. The molecule has 0 aliphatic heterocycles. The van der Waals surface area contributed by atoms with Crippen molar-refractivity contribution in [3.63, 3.8) is 0 Å². The van der Waals surface area contributed by atoms with Gasteiger partial charge in [-0.15, -0.1) is 0 Å². The van der Waals surface area contributed by atoms with Crippen molar-refractivity contribution < 1.29 is 4.74 Å². The molecule has 2 heteroatoms. The minimum atomic E-state index is 0.880. The summed E-state index contributed by atoms with van der Waals surface area (Å²) < 4.78 is 6.34. The maximum atomic E-state index is 6.34. The quantitative estimate of drug-likeness (QED) is 0.448. The summed E-state index contributed by atoms with van der Waals surface area (Å²) >= 11 is 0. The van der Waals surface area contributed by atoms with E-state index in [1.165, 1.54) is 36.9 Å². The van der Waals surface area contributed by atoms with Gasteiger partial charge in [0.05, 0.1) is 5.69 Å². The van der Waals surface area contributed by atoms with Crippen LogP contribution in [0.2, 0.25) is 0 Å². The van der Waals surface area contributed by atoms with Crippen LogP contribution in [-0.4, -0.2) is 13.1 Å². The van der Waals surface area contributed by atoms with Crippen LogP contribution in [-0.2, 0) is 0 Å². The maximum absolute atomic E-state index is 6.34. The Morgan fingerprint density at radius 1 is 1.00 bits per heavy atom. The number of benzene rings is 2. The summed E-state index contributed by atoms with van der Waals surface area (Å²) in [4.78, 5) is 2.49. The van der Waals surface area contributed by atoms with Crippen molar-refractivity contribution >= 4 is 11.3 Å². The molecule has 0 fully saturated rings. The van der Waals surface area contributed by atoms with Crippen molar-refractivity contribution in [3.05, 3.63) is 60.2 Å². The molecule has 26 heavy (non-hydrogen) atoms. The molecule has 0 aliphatic carbocycles. The van der Waals surface area contributed by atoms with Crippen LogP contribution in [0.4, 0.5) is 5.69 Å². The second-order valence-corrected chi connectivity index (χ2v) is 7.03. The smallest absolute Gasteiger partial charge is 0.153 e. The van der Waals surface area contributed by atoms with Crippen LogP contribution in [0.1, 0.15) is 57.6 Å². The van der Waals surface area contributed by atoms with Gasteiger partial charge in [-0.05, 0) is 62.1 Å². The van der Waals surface area contributed by atoms with Gasteiger partial charge >= 0.3 is 0 Å². The number of aryl methyl sites for hydroxylation is 1. The van der Waals surface area contributed by atoms with Gasteiger partial charge in [-0.2, -0.15) is 0 Å². The topological polar surface area (TPSA) is 12.5 Å². The molecule has 0 saturated carbocycles. The Morgan fingerprint density at radius 2 is 1.62 bits per heavy atom. The molecule has 140 valence electrons. The van der Waals surface area contributed by atoms with Crippen molar-refractivity contribution in [2.75, 3.05) is 18.0 Å². The standard InChI is InChI=1S/C24H33NO/c1-6-8-15-25(16-9-7-2)23-18-21(19(3)4)17-20(5)24(23)26-22-13-11-10-12-14-22/h10-14,17-18H,3,6-9,15-16H2,1-2,4-5H3. The number of hydrogen-bond acceptors (Lipinski definition) is 2. The van der Waals surface area contributed by atoms with E-state index in [0.29, 0.717) is 0 Å². The lowest BCUT2D eigenvalue weighted by molar-refractivity contribution is 0.476. The largest absolute Gasteiger partial charge is 0.455 e. The minimum Gasteiger partial charge on any atom is -0.455 e. The third-order valence-electron chi connectivity index (χ3n) is 4.61. The van der Waals surface area contributed by atoms with Gasteiger partial charge in [-0.1, -0.05) is 57.0 Å². The molecule has 0 heterocycles. The van der Waals surface area contributed by atoms with Crippen molar-refractivity contribution in [1.29, 1.82) is 0 Å². The van der Waals surface area contributed by atoms with Crippen molar-refractivity contribution in [1.82, 2.24) is 0 Å². The summed E-state index contributed by atoms with van der Waals surface area (Å²) in [5, 5.41) is 0. The molecule has 0 N–H and O–H groups in total. The van der Waals surface area contributed by atoms with E-state index in [9.17, 15) is 0 Å². The van der Waals surface area contributed by atoms with E-state index in [1.807, 2.05) is 30.3 Å². The lowest BCUT2D eigenvalue weighted by Gasteiger charge is -2.28. The first kappa shape index (κ1) is 20.1.